The van der Waals surface area contributed by atoms with Gasteiger partial charge in [0.25, 0.3) is 5.91 Å². The van der Waals surface area contributed by atoms with Gasteiger partial charge >= 0.3 is 0 Å². The van der Waals surface area contributed by atoms with E-state index in [0.29, 0.717) is 30.0 Å². The number of aromatic nitrogens is 1. The number of anilines is 1. The van der Waals surface area contributed by atoms with Crippen molar-refractivity contribution in [3.63, 3.8) is 0 Å². The van der Waals surface area contributed by atoms with E-state index in [1.165, 1.54) is 10.4 Å². The third-order valence-electron chi connectivity index (χ3n) is 4.57. The minimum atomic E-state index is -3.64. The number of hydrogen-bond acceptors (Lipinski definition) is 5. The van der Waals surface area contributed by atoms with Gasteiger partial charge in [0, 0.05) is 30.4 Å². The minimum Gasteiger partial charge on any atom is -0.350 e. The van der Waals surface area contributed by atoms with Gasteiger partial charge in [-0.3, -0.25) is 4.79 Å². The highest BCUT2D eigenvalue weighted by Gasteiger charge is 2.24. The van der Waals surface area contributed by atoms with Gasteiger partial charge in [0.1, 0.15) is 5.69 Å². The smallest absolute Gasteiger partial charge is 0.294 e. The zero-order chi connectivity index (χ0) is 21.0. The topological polar surface area (TPSA) is 92.5 Å². The van der Waals surface area contributed by atoms with Crippen molar-refractivity contribution in [3.8, 4) is 11.3 Å². The molecule has 0 spiro atoms. The van der Waals surface area contributed by atoms with Crippen LogP contribution in [0.2, 0.25) is 0 Å². The van der Waals surface area contributed by atoms with Gasteiger partial charge in [-0.05, 0) is 24.6 Å². The molecule has 1 heterocycles. The molecule has 0 fully saturated rings. The fraction of sp³-hybridized carbons (Fsp3) is 0.238. The summed E-state index contributed by atoms with van der Waals surface area (Å²) in [6.45, 7) is 6.04. The monoisotopic (exact) mass is 413 g/mol. The number of nitrogens with zero attached hydrogens (tertiary/aromatic N) is 2. The van der Waals surface area contributed by atoms with Crippen LogP contribution in [-0.4, -0.2) is 36.9 Å². The van der Waals surface area contributed by atoms with Gasteiger partial charge in [-0.2, -0.15) is 4.31 Å². The van der Waals surface area contributed by atoms with Crippen LogP contribution in [0.5, 0.6) is 0 Å². The Hall–Kier alpha value is -2.97. The summed E-state index contributed by atoms with van der Waals surface area (Å²) < 4.78 is 32.3. The number of carbonyl (C=O) groups excluding carboxylic acids is 1. The van der Waals surface area contributed by atoms with Crippen molar-refractivity contribution in [3.05, 3.63) is 65.9 Å². The molecule has 7 nitrogen and oxygen atoms in total. The molecule has 1 amide bonds. The SMILES string of the molecule is CCN(CC)S(=O)(=O)c1cc(NC(=O)c2cc(-c3ccccc3)no2)ccc1C. The first kappa shape index (κ1) is 20.8. The molecule has 2 aromatic carbocycles. The van der Waals surface area contributed by atoms with E-state index in [1.807, 2.05) is 30.3 Å². The largest absolute Gasteiger partial charge is 0.350 e. The number of sulfonamides is 1. The zero-order valence-corrected chi connectivity index (χ0v) is 17.4. The molecule has 0 bridgehead atoms. The van der Waals surface area contributed by atoms with Gasteiger partial charge in [-0.1, -0.05) is 55.4 Å². The summed E-state index contributed by atoms with van der Waals surface area (Å²) in [4.78, 5) is 12.7. The van der Waals surface area contributed by atoms with E-state index in [1.54, 1.807) is 39.0 Å². The van der Waals surface area contributed by atoms with E-state index in [-0.39, 0.29) is 10.7 Å². The van der Waals surface area contributed by atoms with Gasteiger partial charge in [-0.25, -0.2) is 8.42 Å². The molecule has 0 saturated heterocycles. The molecule has 0 aliphatic carbocycles. The molecule has 1 N–H and O–H groups in total. The first-order valence-electron chi connectivity index (χ1n) is 9.31. The van der Waals surface area contributed by atoms with Crippen molar-refractivity contribution in [2.24, 2.45) is 0 Å². The molecule has 0 aliphatic rings. The van der Waals surface area contributed by atoms with Crippen LogP contribution in [0.1, 0.15) is 30.0 Å². The molecule has 8 heteroatoms. The Morgan fingerprint density at radius 1 is 1.07 bits per heavy atom. The molecule has 3 rings (SSSR count). The Kier molecular flexibility index (Phi) is 6.14. The number of carbonyl (C=O) groups is 1. The minimum absolute atomic E-state index is 0.0394. The van der Waals surface area contributed by atoms with E-state index in [4.69, 9.17) is 4.52 Å². The van der Waals surface area contributed by atoms with Crippen LogP contribution < -0.4 is 5.32 Å². The van der Waals surface area contributed by atoms with E-state index < -0.39 is 15.9 Å². The molecule has 152 valence electrons. The lowest BCUT2D eigenvalue weighted by atomic mass is 10.1. The predicted molar refractivity (Wildman–Crippen MR) is 111 cm³/mol. The van der Waals surface area contributed by atoms with E-state index in [9.17, 15) is 13.2 Å². The number of aryl methyl sites for hydroxylation is 1. The molecule has 3 aromatic rings. The second-order valence-corrected chi connectivity index (χ2v) is 8.37. The van der Waals surface area contributed by atoms with Crippen molar-refractivity contribution in [2.75, 3.05) is 18.4 Å². The first-order valence-corrected chi connectivity index (χ1v) is 10.7. The van der Waals surface area contributed by atoms with Crippen LogP contribution in [-0.2, 0) is 10.0 Å². The van der Waals surface area contributed by atoms with Crippen LogP contribution in [0.15, 0.2) is 64.0 Å². The molecule has 0 aliphatic heterocycles. The molecule has 1 aromatic heterocycles. The number of nitrogens with one attached hydrogen (secondary N) is 1. The summed E-state index contributed by atoms with van der Waals surface area (Å²) in [5, 5.41) is 6.61. The first-order chi connectivity index (χ1) is 13.9. The van der Waals surface area contributed by atoms with Gasteiger partial charge < -0.3 is 9.84 Å². The second-order valence-electron chi connectivity index (χ2n) is 6.47. The Morgan fingerprint density at radius 3 is 2.41 bits per heavy atom. The molecule has 29 heavy (non-hydrogen) atoms. The van der Waals surface area contributed by atoms with E-state index in [0.717, 1.165) is 5.56 Å². The van der Waals surface area contributed by atoms with Crippen molar-refractivity contribution in [1.82, 2.24) is 9.46 Å². The van der Waals surface area contributed by atoms with Crippen molar-refractivity contribution >= 4 is 21.6 Å². The standard InChI is InChI=1S/C21H23N3O4S/c1-4-24(5-2)29(26,27)20-13-17(12-11-15(20)3)22-21(25)19-14-18(23-28-19)16-9-7-6-8-10-16/h6-14H,4-5H2,1-3H3,(H,22,25). The van der Waals surface area contributed by atoms with Crippen LogP contribution in [0.3, 0.4) is 0 Å². The molecule has 0 saturated carbocycles. The molecular formula is C21H23N3O4S. The third kappa shape index (κ3) is 4.38. The summed E-state index contributed by atoms with van der Waals surface area (Å²) in [5.74, 6) is -0.465. The molecule has 0 atom stereocenters. The van der Waals surface area contributed by atoms with E-state index >= 15 is 0 Å². The second kappa shape index (κ2) is 8.59. The quantitative estimate of drug-likeness (QED) is 0.633. The number of hydrogen-bond donors (Lipinski definition) is 1. The normalized spacial score (nSPS) is 11.6. The highest BCUT2D eigenvalue weighted by atomic mass is 32.2. The Labute approximate surface area is 170 Å². The number of rotatable bonds is 7. The van der Waals surface area contributed by atoms with Gasteiger partial charge in [0.15, 0.2) is 0 Å². The summed E-state index contributed by atoms with van der Waals surface area (Å²) in [7, 11) is -3.64. The van der Waals surface area contributed by atoms with Crippen molar-refractivity contribution in [1.29, 1.82) is 0 Å². The fourth-order valence-corrected chi connectivity index (χ4v) is 4.69. The van der Waals surface area contributed by atoms with E-state index in [2.05, 4.69) is 10.5 Å². The Bertz CT molecular complexity index is 1100. The zero-order valence-electron chi connectivity index (χ0n) is 16.5. The lowest BCUT2D eigenvalue weighted by Gasteiger charge is -2.20. The third-order valence-corrected chi connectivity index (χ3v) is 6.76. The van der Waals surface area contributed by atoms with Crippen LogP contribution in [0.4, 0.5) is 5.69 Å². The van der Waals surface area contributed by atoms with Gasteiger partial charge in [0.2, 0.25) is 15.8 Å². The Morgan fingerprint density at radius 2 is 1.76 bits per heavy atom. The maximum atomic E-state index is 12.9. The summed E-state index contributed by atoms with van der Waals surface area (Å²) >= 11 is 0. The summed E-state index contributed by atoms with van der Waals surface area (Å²) in [6.07, 6.45) is 0. The van der Waals surface area contributed by atoms with Crippen LogP contribution in [0.25, 0.3) is 11.3 Å². The average molecular weight is 413 g/mol. The maximum Gasteiger partial charge on any atom is 0.294 e. The number of amides is 1. The van der Waals surface area contributed by atoms with Crippen molar-refractivity contribution < 1.29 is 17.7 Å². The summed E-state index contributed by atoms with van der Waals surface area (Å²) in [6, 6.07) is 15.7. The molecule has 0 unspecified atom stereocenters. The predicted octanol–water partition coefficient (Wildman–Crippen LogP) is 3.93. The average Bonchev–Trinajstić information content (AvgIpc) is 3.21. The van der Waals surface area contributed by atoms with Gasteiger partial charge in [0.05, 0.1) is 4.90 Å². The molecule has 0 radical (unpaired) electrons. The maximum absolute atomic E-state index is 12.9. The van der Waals surface area contributed by atoms with Gasteiger partial charge in [-0.15, -0.1) is 0 Å². The summed E-state index contributed by atoms with van der Waals surface area (Å²) in [5.41, 5.74) is 2.35. The van der Waals surface area contributed by atoms with Crippen LogP contribution >= 0.6 is 0 Å². The highest BCUT2D eigenvalue weighted by molar-refractivity contribution is 7.89. The Balaban J connectivity index is 1.84. The number of benzene rings is 2. The van der Waals surface area contributed by atoms with Crippen molar-refractivity contribution in [2.45, 2.75) is 25.7 Å². The highest BCUT2D eigenvalue weighted by Crippen LogP contribution is 2.25. The lowest BCUT2D eigenvalue weighted by molar-refractivity contribution is 0.0988. The lowest BCUT2D eigenvalue weighted by Crippen LogP contribution is -2.31. The van der Waals surface area contributed by atoms with Crippen LogP contribution in [0, 0.1) is 6.92 Å². The molecular weight excluding hydrogens is 390 g/mol. The fourth-order valence-electron chi connectivity index (χ4n) is 2.98.